The minimum atomic E-state index is 0.490. The lowest BCUT2D eigenvalue weighted by Gasteiger charge is -2.22. The van der Waals surface area contributed by atoms with E-state index in [0.717, 1.165) is 34.7 Å². The molecular weight excluding hydrogens is 372 g/mol. The standard InChI is InChI=1S/C25H32N4O/c1-18-16-21(30-15-14-29(2)3)12-13-22(18)23-11-7-8-19-17-26-25(28-24(19)23)27-20-9-5-4-6-10-20/h7-8,11-13,16-17,20H,4-6,9-10,14-15H2,1-3H3,(H,26,27,28). The minimum Gasteiger partial charge on any atom is -0.492 e. The van der Waals surface area contributed by atoms with Crippen LogP contribution in [0.5, 0.6) is 5.75 Å². The maximum Gasteiger partial charge on any atom is 0.223 e. The van der Waals surface area contributed by atoms with E-state index in [1.165, 1.54) is 43.2 Å². The van der Waals surface area contributed by atoms with Gasteiger partial charge in [-0.05, 0) is 57.1 Å². The van der Waals surface area contributed by atoms with Gasteiger partial charge in [0.2, 0.25) is 5.95 Å². The molecule has 1 aromatic heterocycles. The fraction of sp³-hybridized carbons (Fsp3) is 0.440. The largest absolute Gasteiger partial charge is 0.492 e. The van der Waals surface area contributed by atoms with Gasteiger partial charge in [-0.3, -0.25) is 0 Å². The van der Waals surface area contributed by atoms with Gasteiger partial charge in [-0.2, -0.15) is 0 Å². The SMILES string of the molecule is Cc1cc(OCCN(C)C)ccc1-c1cccc2cnc(NC3CCCCC3)nc12. The van der Waals surface area contributed by atoms with Crippen LogP contribution in [0.25, 0.3) is 22.0 Å². The first-order chi connectivity index (χ1) is 14.6. The van der Waals surface area contributed by atoms with Crippen molar-refractivity contribution in [1.29, 1.82) is 0 Å². The van der Waals surface area contributed by atoms with Crippen molar-refractivity contribution in [3.63, 3.8) is 0 Å². The summed E-state index contributed by atoms with van der Waals surface area (Å²) in [6.07, 6.45) is 8.27. The molecule has 1 fully saturated rings. The number of likely N-dealkylation sites (N-methyl/N-ethyl adjacent to an activating group) is 1. The number of hydrogen-bond donors (Lipinski definition) is 1. The van der Waals surface area contributed by atoms with E-state index in [4.69, 9.17) is 9.72 Å². The molecule has 3 aromatic rings. The van der Waals surface area contributed by atoms with Crippen molar-refractivity contribution in [2.24, 2.45) is 0 Å². The van der Waals surface area contributed by atoms with E-state index >= 15 is 0 Å². The van der Waals surface area contributed by atoms with Crippen molar-refractivity contribution in [1.82, 2.24) is 14.9 Å². The van der Waals surface area contributed by atoms with Crippen LogP contribution in [0.15, 0.2) is 42.6 Å². The number of aromatic nitrogens is 2. The summed E-state index contributed by atoms with van der Waals surface area (Å²) in [7, 11) is 4.11. The van der Waals surface area contributed by atoms with Crippen LogP contribution < -0.4 is 10.1 Å². The van der Waals surface area contributed by atoms with E-state index in [0.29, 0.717) is 12.6 Å². The highest BCUT2D eigenvalue weighted by Crippen LogP contribution is 2.32. The topological polar surface area (TPSA) is 50.3 Å². The molecule has 0 bridgehead atoms. The maximum absolute atomic E-state index is 5.90. The Kier molecular flexibility index (Phi) is 6.48. The summed E-state index contributed by atoms with van der Waals surface area (Å²) in [5.74, 6) is 1.65. The smallest absolute Gasteiger partial charge is 0.223 e. The molecule has 0 amide bonds. The van der Waals surface area contributed by atoms with E-state index in [2.05, 4.69) is 72.6 Å². The monoisotopic (exact) mass is 404 g/mol. The third-order valence-corrected chi connectivity index (χ3v) is 5.84. The van der Waals surface area contributed by atoms with Crippen molar-refractivity contribution in [3.8, 4) is 16.9 Å². The van der Waals surface area contributed by atoms with Crippen LogP contribution >= 0.6 is 0 Å². The van der Waals surface area contributed by atoms with E-state index in [9.17, 15) is 0 Å². The molecule has 5 heteroatoms. The second-order valence-electron chi connectivity index (χ2n) is 8.54. The molecule has 0 unspecified atom stereocenters. The summed E-state index contributed by atoms with van der Waals surface area (Å²) < 4.78 is 5.90. The molecule has 158 valence electrons. The minimum absolute atomic E-state index is 0.490. The zero-order valence-electron chi connectivity index (χ0n) is 18.3. The van der Waals surface area contributed by atoms with Crippen LogP contribution in [0.4, 0.5) is 5.95 Å². The lowest BCUT2D eigenvalue weighted by Crippen LogP contribution is -2.23. The van der Waals surface area contributed by atoms with Gasteiger partial charge in [0.1, 0.15) is 12.4 Å². The van der Waals surface area contributed by atoms with E-state index < -0.39 is 0 Å². The average Bonchev–Trinajstić information content (AvgIpc) is 2.74. The quantitative estimate of drug-likeness (QED) is 0.580. The molecular formula is C25H32N4O. The van der Waals surface area contributed by atoms with Crippen LogP contribution in [0.2, 0.25) is 0 Å². The highest BCUT2D eigenvalue weighted by Gasteiger charge is 2.15. The van der Waals surface area contributed by atoms with Gasteiger partial charge in [-0.15, -0.1) is 0 Å². The molecule has 4 rings (SSSR count). The molecule has 0 radical (unpaired) electrons. The first-order valence-corrected chi connectivity index (χ1v) is 11.0. The summed E-state index contributed by atoms with van der Waals surface area (Å²) in [5.41, 5.74) is 4.50. The molecule has 1 saturated carbocycles. The summed E-state index contributed by atoms with van der Waals surface area (Å²) in [5, 5.41) is 4.62. The summed E-state index contributed by atoms with van der Waals surface area (Å²) in [4.78, 5) is 11.6. The Bertz CT molecular complexity index is 996. The molecule has 0 saturated heterocycles. The Balaban J connectivity index is 1.60. The lowest BCUT2D eigenvalue weighted by molar-refractivity contribution is 0.261. The first kappa shape index (κ1) is 20.6. The molecule has 2 aromatic carbocycles. The normalized spacial score (nSPS) is 14.9. The Morgan fingerprint density at radius 2 is 1.90 bits per heavy atom. The van der Waals surface area contributed by atoms with Crippen LogP contribution in [0.1, 0.15) is 37.7 Å². The molecule has 0 atom stereocenters. The van der Waals surface area contributed by atoms with Crippen LogP contribution in [0.3, 0.4) is 0 Å². The number of para-hydroxylation sites is 1. The maximum atomic E-state index is 5.90. The highest BCUT2D eigenvalue weighted by molar-refractivity contribution is 5.94. The van der Waals surface area contributed by atoms with E-state index in [-0.39, 0.29) is 0 Å². The number of nitrogens with zero attached hydrogens (tertiary/aromatic N) is 3. The predicted molar refractivity (Wildman–Crippen MR) is 124 cm³/mol. The Morgan fingerprint density at radius 1 is 1.07 bits per heavy atom. The zero-order chi connectivity index (χ0) is 20.9. The predicted octanol–water partition coefficient (Wildman–Crippen LogP) is 5.29. The van der Waals surface area contributed by atoms with Crippen LogP contribution in [-0.2, 0) is 0 Å². The van der Waals surface area contributed by atoms with E-state index in [1.807, 2.05) is 6.20 Å². The van der Waals surface area contributed by atoms with Gasteiger partial charge >= 0.3 is 0 Å². The van der Waals surface area contributed by atoms with Gasteiger partial charge in [-0.1, -0.05) is 43.5 Å². The Hall–Kier alpha value is -2.66. The zero-order valence-corrected chi connectivity index (χ0v) is 18.3. The number of rotatable bonds is 7. The van der Waals surface area contributed by atoms with Crippen molar-refractivity contribution in [2.75, 3.05) is 32.6 Å². The number of hydrogen-bond acceptors (Lipinski definition) is 5. The molecule has 1 aliphatic rings. The summed E-state index contributed by atoms with van der Waals surface area (Å²) >= 11 is 0. The Morgan fingerprint density at radius 3 is 2.67 bits per heavy atom. The van der Waals surface area contributed by atoms with Gasteiger partial charge in [-0.25, -0.2) is 9.97 Å². The third-order valence-electron chi connectivity index (χ3n) is 5.84. The molecule has 0 spiro atoms. The molecule has 1 aliphatic carbocycles. The van der Waals surface area contributed by atoms with Crippen LogP contribution in [0, 0.1) is 6.92 Å². The van der Waals surface area contributed by atoms with Crippen LogP contribution in [-0.4, -0.2) is 48.2 Å². The van der Waals surface area contributed by atoms with Gasteiger partial charge in [0.05, 0.1) is 5.52 Å². The van der Waals surface area contributed by atoms with Crippen molar-refractivity contribution >= 4 is 16.9 Å². The number of aryl methyl sites for hydroxylation is 1. The summed E-state index contributed by atoms with van der Waals surface area (Å²) in [6.45, 7) is 3.72. The number of benzene rings is 2. The van der Waals surface area contributed by atoms with Gasteiger partial charge < -0.3 is 15.0 Å². The molecule has 5 nitrogen and oxygen atoms in total. The number of nitrogens with one attached hydrogen (secondary N) is 1. The highest BCUT2D eigenvalue weighted by atomic mass is 16.5. The van der Waals surface area contributed by atoms with Gasteiger partial charge in [0, 0.05) is 29.7 Å². The lowest BCUT2D eigenvalue weighted by atomic mass is 9.96. The van der Waals surface area contributed by atoms with Crippen molar-refractivity contribution < 1.29 is 4.74 Å². The molecule has 1 N–H and O–H groups in total. The van der Waals surface area contributed by atoms with Gasteiger partial charge in [0.15, 0.2) is 0 Å². The fourth-order valence-corrected chi connectivity index (χ4v) is 4.15. The fourth-order valence-electron chi connectivity index (χ4n) is 4.15. The van der Waals surface area contributed by atoms with Crippen molar-refractivity contribution in [3.05, 3.63) is 48.2 Å². The second kappa shape index (κ2) is 9.43. The van der Waals surface area contributed by atoms with E-state index in [1.54, 1.807) is 0 Å². The Labute approximate surface area is 179 Å². The third kappa shape index (κ3) is 4.90. The molecule has 1 heterocycles. The number of anilines is 1. The second-order valence-corrected chi connectivity index (χ2v) is 8.54. The average molecular weight is 405 g/mol. The number of fused-ring (bicyclic) bond motifs is 1. The summed E-state index contributed by atoms with van der Waals surface area (Å²) in [6, 6.07) is 13.1. The van der Waals surface area contributed by atoms with Crippen molar-refractivity contribution in [2.45, 2.75) is 45.1 Å². The van der Waals surface area contributed by atoms with Gasteiger partial charge in [0.25, 0.3) is 0 Å². The number of ether oxygens (including phenoxy) is 1. The first-order valence-electron chi connectivity index (χ1n) is 11.0. The molecule has 30 heavy (non-hydrogen) atoms. The molecule has 0 aliphatic heterocycles.